The zero-order valence-corrected chi connectivity index (χ0v) is 16.6. The minimum absolute atomic E-state index is 0.0737. The number of benzene rings is 2. The standard InChI is InChI=1S/C22H20F2N4O3/c23-16-3-1-2-15-18(25-26-19(15)16)13-4-5-14(17(24)12-13)20(29)27-8-10-28(11-9-27)21(30)22(31)6-7-22/h1-5,12,31H,6-11H2,(H,25,26). The fourth-order valence-corrected chi connectivity index (χ4v) is 3.97. The number of aromatic amines is 1. The van der Waals surface area contributed by atoms with Crippen molar-refractivity contribution in [3.63, 3.8) is 0 Å². The number of nitrogens with one attached hydrogen (secondary N) is 1. The third-order valence-electron chi connectivity index (χ3n) is 6.00. The van der Waals surface area contributed by atoms with Crippen LogP contribution in [0.3, 0.4) is 0 Å². The smallest absolute Gasteiger partial charge is 0.256 e. The predicted molar refractivity (Wildman–Crippen MR) is 108 cm³/mol. The van der Waals surface area contributed by atoms with Crippen molar-refractivity contribution in [2.24, 2.45) is 0 Å². The highest BCUT2D eigenvalue weighted by Crippen LogP contribution is 2.37. The molecule has 1 aliphatic heterocycles. The molecule has 5 rings (SSSR count). The molecular formula is C22H20F2N4O3. The lowest BCUT2D eigenvalue weighted by Gasteiger charge is -2.35. The first-order chi connectivity index (χ1) is 14.9. The van der Waals surface area contributed by atoms with Gasteiger partial charge >= 0.3 is 0 Å². The number of hydrogen-bond donors (Lipinski definition) is 2. The zero-order valence-electron chi connectivity index (χ0n) is 16.6. The van der Waals surface area contributed by atoms with Crippen LogP contribution in [0, 0.1) is 11.6 Å². The van der Waals surface area contributed by atoms with Crippen molar-refractivity contribution in [2.75, 3.05) is 26.2 Å². The van der Waals surface area contributed by atoms with Gasteiger partial charge in [0.15, 0.2) is 0 Å². The summed E-state index contributed by atoms with van der Waals surface area (Å²) >= 11 is 0. The van der Waals surface area contributed by atoms with Gasteiger partial charge in [-0.25, -0.2) is 8.78 Å². The van der Waals surface area contributed by atoms with Gasteiger partial charge in [0, 0.05) is 37.1 Å². The number of amides is 2. The van der Waals surface area contributed by atoms with Crippen LogP contribution >= 0.6 is 0 Å². The van der Waals surface area contributed by atoms with Crippen molar-refractivity contribution < 1.29 is 23.5 Å². The molecule has 2 aromatic carbocycles. The maximum Gasteiger partial charge on any atom is 0.256 e. The van der Waals surface area contributed by atoms with Gasteiger partial charge in [-0.2, -0.15) is 5.10 Å². The van der Waals surface area contributed by atoms with Crippen LogP contribution in [0.25, 0.3) is 22.2 Å². The van der Waals surface area contributed by atoms with E-state index < -0.39 is 23.1 Å². The van der Waals surface area contributed by atoms with Crippen molar-refractivity contribution in [1.82, 2.24) is 20.0 Å². The zero-order chi connectivity index (χ0) is 21.8. The summed E-state index contributed by atoms with van der Waals surface area (Å²) in [6.07, 6.45) is 0.945. The molecule has 7 nitrogen and oxygen atoms in total. The number of aromatic nitrogens is 2. The molecule has 1 saturated carbocycles. The SMILES string of the molecule is O=C(c1ccc(-c2n[nH]c3c(F)cccc23)cc1F)N1CCN(C(=O)C2(O)CC2)CC1. The lowest BCUT2D eigenvalue weighted by molar-refractivity contribution is -0.143. The minimum Gasteiger partial charge on any atom is -0.380 e. The molecule has 0 bridgehead atoms. The first-order valence-corrected chi connectivity index (χ1v) is 10.1. The molecule has 160 valence electrons. The molecule has 0 radical (unpaired) electrons. The van der Waals surface area contributed by atoms with Crippen LogP contribution in [-0.4, -0.2) is 68.7 Å². The van der Waals surface area contributed by atoms with Crippen LogP contribution < -0.4 is 0 Å². The summed E-state index contributed by atoms with van der Waals surface area (Å²) < 4.78 is 28.7. The molecule has 1 aromatic heterocycles. The highest BCUT2D eigenvalue weighted by Gasteiger charge is 2.50. The molecule has 0 atom stereocenters. The molecule has 2 fully saturated rings. The number of nitrogens with zero attached hydrogens (tertiary/aromatic N) is 3. The quantitative estimate of drug-likeness (QED) is 0.673. The second-order valence-electron chi connectivity index (χ2n) is 8.05. The van der Waals surface area contributed by atoms with E-state index in [0.717, 1.165) is 0 Å². The predicted octanol–water partition coefficient (Wildman–Crippen LogP) is 2.32. The molecule has 3 aromatic rings. The number of piperazine rings is 1. The van der Waals surface area contributed by atoms with Gasteiger partial charge in [-0.1, -0.05) is 18.2 Å². The molecule has 1 aliphatic carbocycles. The fourth-order valence-electron chi connectivity index (χ4n) is 3.97. The normalized spacial score (nSPS) is 17.8. The molecule has 1 saturated heterocycles. The van der Waals surface area contributed by atoms with Gasteiger partial charge in [-0.05, 0) is 31.0 Å². The lowest BCUT2D eigenvalue weighted by atomic mass is 10.0. The van der Waals surface area contributed by atoms with Crippen LogP contribution in [0.1, 0.15) is 23.2 Å². The second-order valence-corrected chi connectivity index (χ2v) is 8.05. The summed E-state index contributed by atoms with van der Waals surface area (Å²) in [5, 5.41) is 17.2. The van der Waals surface area contributed by atoms with E-state index >= 15 is 0 Å². The molecule has 0 spiro atoms. The number of aliphatic hydroxyl groups is 1. The highest BCUT2D eigenvalue weighted by atomic mass is 19.1. The Morgan fingerprint density at radius 1 is 1.00 bits per heavy atom. The molecule has 2 N–H and O–H groups in total. The van der Waals surface area contributed by atoms with Crippen LogP contribution in [0.15, 0.2) is 36.4 Å². The number of fused-ring (bicyclic) bond motifs is 1. The van der Waals surface area contributed by atoms with Gasteiger partial charge in [0.05, 0.1) is 5.56 Å². The third kappa shape index (κ3) is 3.34. The Labute approximate surface area is 176 Å². The van der Waals surface area contributed by atoms with Crippen molar-refractivity contribution in [3.05, 3.63) is 53.6 Å². The Bertz CT molecular complexity index is 1200. The Morgan fingerprint density at radius 3 is 2.39 bits per heavy atom. The topological polar surface area (TPSA) is 89.5 Å². The van der Waals surface area contributed by atoms with Crippen LogP contribution in [-0.2, 0) is 4.79 Å². The fraction of sp³-hybridized carbons (Fsp3) is 0.318. The number of H-pyrrole nitrogens is 1. The van der Waals surface area contributed by atoms with E-state index in [-0.39, 0.29) is 30.1 Å². The first-order valence-electron chi connectivity index (χ1n) is 10.1. The van der Waals surface area contributed by atoms with Gasteiger partial charge in [-0.3, -0.25) is 14.7 Å². The van der Waals surface area contributed by atoms with E-state index in [4.69, 9.17) is 0 Å². The van der Waals surface area contributed by atoms with E-state index in [9.17, 15) is 23.5 Å². The Balaban J connectivity index is 1.33. The number of hydrogen-bond acceptors (Lipinski definition) is 4. The van der Waals surface area contributed by atoms with Crippen molar-refractivity contribution in [3.8, 4) is 11.3 Å². The molecule has 31 heavy (non-hydrogen) atoms. The molecule has 2 aliphatic rings. The highest BCUT2D eigenvalue weighted by molar-refractivity contribution is 5.97. The summed E-state index contributed by atoms with van der Waals surface area (Å²) in [5.74, 6) is -1.90. The molecule has 2 amide bonds. The van der Waals surface area contributed by atoms with E-state index in [1.165, 1.54) is 23.1 Å². The summed E-state index contributed by atoms with van der Waals surface area (Å²) in [6.45, 7) is 1.14. The summed E-state index contributed by atoms with van der Waals surface area (Å²) in [6, 6.07) is 8.75. The second kappa shape index (κ2) is 7.12. The summed E-state index contributed by atoms with van der Waals surface area (Å²) in [4.78, 5) is 28.1. The summed E-state index contributed by atoms with van der Waals surface area (Å²) in [7, 11) is 0. The third-order valence-corrected chi connectivity index (χ3v) is 6.00. The van der Waals surface area contributed by atoms with Crippen molar-refractivity contribution >= 4 is 22.7 Å². The van der Waals surface area contributed by atoms with Crippen LogP contribution in [0.2, 0.25) is 0 Å². The molecule has 0 unspecified atom stereocenters. The largest absolute Gasteiger partial charge is 0.380 e. The van der Waals surface area contributed by atoms with E-state index in [1.807, 2.05) is 0 Å². The van der Waals surface area contributed by atoms with Crippen LogP contribution in [0.4, 0.5) is 8.78 Å². The van der Waals surface area contributed by atoms with Gasteiger partial charge in [-0.15, -0.1) is 0 Å². The van der Waals surface area contributed by atoms with Gasteiger partial charge < -0.3 is 14.9 Å². The van der Waals surface area contributed by atoms with Gasteiger partial charge in [0.2, 0.25) is 0 Å². The Kier molecular flexibility index (Phi) is 4.51. The minimum atomic E-state index is -1.23. The Morgan fingerprint density at radius 2 is 1.71 bits per heavy atom. The first kappa shape index (κ1) is 19.6. The average molecular weight is 426 g/mol. The van der Waals surface area contributed by atoms with Crippen molar-refractivity contribution in [1.29, 1.82) is 0 Å². The number of carbonyl (C=O) groups excluding carboxylic acids is 2. The Hall–Kier alpha value is -3.33. The van der Waals surface area contributed by atoms with Gasteiger partial charge in [0.1, 0.15) is 28.4 Å². The average Bonchev–Trinajstić information content (AvgIpc) is 3.37. The molecule has 9 heteroatoms. The molecular weight excluding hydrogens is 406 g/mol. The van der Waals surface area contributed by atoms with E-state index in [1.54, 1.807) is 23.1 Å². The van der Waals surface area contributed by atoms with Crippen molar-refractivity contribution in [2.45, 2.75) is 18.4 Å². The number of rotatable bonds is 3. The molecule has 2 heterocycles. The maximum atomic E-state index is 14.8. The number of halogens is 2. The number of para-hydroxylation sites is 1. The van der Waals surface area contributed by atoms with E-state index in [2.05, 4.69) is 10.2 Å². The summed E-state index contributed by atoms with van der Waals surface area (Å²) in [5.41, 5.74) is -0.235. The van der Waals surface area contributed by atoms with Crippen LogP contribution in [0.5, 0.6) is 0 Å². The van der Waals surface area contributed by atoms with E-state index in [0.29, 0.717) is 42.6 Å². The van der Waals surface area contributed by atoms with Gasteiger partial charge in [0.25, 0.3) is 11.8 Å². The monoisotopic (exact) mass is 426 g/mol. The lowest BCUT2D eigenvalue weighted by Crippen LogP contribution is -2.53. The maximum absolute atomic E-state index is 14.8. The number of carbonyl (C=O) groups is 2.